The maximum atomic E-state index is 4.62. The van der Waals surface area contributed by atoms with Crippen LogP contribution in [0.2, 0.25) is 0 Å². The predicted octanol–water partition coefficient (Wildman–Crippen LogP) is 3.75. The van der Waals surface area contributed by atoms with Crippen molar-refractivity contribution in [1.82, 2.24) is 29.7 Å². The molecule has 29 heavy (non-hydrogen) atoms. The Morgan fingerprint density at radius 3 is 2.93 bits per heavy atom. The number of aromatic amines is 1. The molecule has 0 aliphatic carbocycles. The Kier molecular flexibility index (Phi) is 4.19. The van der Waals surface area contributed by atoms with Crippen LogP contribution in [0.4, 0.5) is 17.3 Å². The summed E-state index contributed by atoms with van der Waals surface area (Å²) in [6, 6.07) is 6.44. The van der Waals surface area contributed by atoms with Crippen molar-refractivity contribution in [2.75, 3.05) is 16.8 Å². The van der Waals surface area contributed by atoms with Gasteiger partial charge in [0.05, 0.1) is 30.1 Å². The van der Waals surface area contributed by atoms with E-state index in [0.717, 1.165) is 53.7 Å². The Morgan fingerprint density at radius 2 is 2.07 bits per heavy atom. The maximum Gasteiger partial charge on any atom is 0.132 e. The van der Waals surface area contributed by atoms with Gasteiger partial charge in [0.1, 0.15) is 23.0 Å². The van der Waals surface area contributed by atoms with E-state index in [9.17, 15) is 0 Å². The molecule has 0 aromatic carbocycles. The highest BCUT2D eigenvalue weighted by Gasteiger charge is 2.19. The number of nitrogens with zero attached hydrogens (tertiary/aromatic N) is 6. The Balaban J connectivity index is 1.41. The molecule has 8 heteroatoms. The lowest BCUT2D eigenvalue weighted by molar-refractivity contribution is 0.600. The average molecular weight is 388 g/mol. The maximum absolute atomic E-state index is 4.62. The molecule has 4 aromatic heterocycles. The minimum absolute atomic E-state index is 0.342. The number of rotatable bonds is 4. The first kappa shape index (κ1) is 17.7. The lowest BCUT2D eigenvalue weighted by Gasteiger charge is -2.27. The van der Waals surface area contributed by atoms with Gasteiger partial charge in [0.15, 0.2) is 0 Å². The molecule has 0 unspecified atom stereocenters. The standard InChI is InChI=1S/C21H24N8/c1-13(2)29-14(3)25-17-11-23-20(9-19(17)29)26-16-4-6-22-21(8-16)28-7-5-15-10-24-27-18(15)12-28/h4,6,8-11,13H,5,7,12H2,1-3H3,(H,24,27)(H,22,23,26). The molecule has 0 radical (unpaired) electrons. The van der Waals surface area contributed by atoms with E-state index in [1.54, 1.807) is 0 Å². The zero-order chi connectivity index (χ0) is 20.0. The molecule has 5 rings (SSSR count). The van der Waals surface area contributed by atoms with Gasteiger partial charge in [-0.1, -0.05) is 0 Å². The highest BCUT2D eigenvalue weighted by atomic mass is 15.2. The number of H-pyrrole nitrogens is 1. The molecule has 2 N–H and O–H groups in total. The first-order chi connectivity index (χ1) is 14.1. The molecule has 0 saturated carbocycles. The summed E-state index contributed by atoms with van der Waals surface area (Å²) in [6.45, 7) is 8.09. The third-order valence-electron chi connectivity index (χ3n) is 5.42. The molecule has 0 saturated heterocycles. The summed E-state index contributed by atoms with van der Waals surface area (Å²) in [7, 11) is 0. The molecular formula is C21H24N8. The summed E-state index contributed by atoms with van der Waals surface area (Å²) in [5, 5.41) is 10.7. The monoisotopic (exact) mass is 388 g/mol. The number of anilines is 3. The van der Waals surface area contributed by atoms with Gasteiger partial charge < -0.3 is 14.8 Å². The van der Waals surface area contributed by atoms with Gasteiger partial charge in [-0.05, 0) is 38.8 Å². The Labute approximate surface area is 169 Å². The zero-order valence-corrected chi connectivity index (χ0v) is 16.8. The van der Waals surface area contributed by atoms with Crippen LogP contribution in [-0.4, -0.2) is 36.3 Å². The summed E-state index contributed by atoms with van der Waals surface area (Å²) in [4.78, 5) is 16.0. The van der Waals surface area contributed by atoms with Crippen molar-refractivity contribution in [1.29, 1.82) is 0 Å². The van der Waals surface area contributed by atoms with Crippen molar-refractivity contribution in [3.63, 3.8) is 0 Å². The van der Waals surface area contributed by atoms with Crippen LogP contribution in [0.25, 0.3) is 11.0 Å². The number of fused-ring (bicyclic) bond motifs is 2. The first-order valence-electron chi connectivity index (χ1n) is 9.92. The molecule has 1 aliphatic rings. The number of pyridine rings is 2. The number of aromatic nitrogens is 6. The molecule has 0 amide bonds. The van der Waals surface area contributed by atoms with E-state index in [4.69, 9.17) is 0 Å². The topological polar surface area (TPSA) is 87.6 Å². The Morgan fingerprint density at radius 1 is 1.17 bits per heavy atom. The first-order valence-corrected chi connectivity index (χ1v) is 9.92. The molecule has 0 bridgehead atoms. The van der Waals surface area contributed by atoms with E-state index in [2.05, 4.69) is 65.9 Å². The van der Waals surface area contributed by atoms with Crippen molar-refractivity contribution in [3.05, 3.63) is 53.9 Å². The highest BCUT2D eigenvalue weighted by molar-refractivity contribution is 5.79. The second-order valence-electron chi connectivity index (χ2n) is 7.75. The van der Waals surface area contributed by atoms with Crippen molar-refractivity contribution >= 4 is 28.4 Å². The lowest BCUT2D eigenvalue weighted by atomic mass is 10.1. The van der Waals surface area contributed by atoms with Gasteiger partial charge in [-0.3, -0.25) is 5.10 Å². The molecule has 1 aliphatic heterocycles. The van der Waals surface area contributed by atoms with Crippen LogP contribution in [0.5, 0.6) is 0 Å². The molecule has 0 fully saturated rings. The van der Waals surface area contributed by atoms with Crippen LogP contribution >= 0.6 is 0 Å². The average Bonchev–Trinajstić information content (AvgIpc) is 3.30. The van der Waals surface area contributed by atoms with E-state index in [1.165, 1.54) is 11.3 Å². The van der Waals surface area contributed by atoms with Crippen molar-refractivity contribution in [2.24, 2.45) is 0 Å². The van der Waals surface area contributed by atoms with Gasteiger partial charge in [0.2, 0.25) is 0 Å². The number of hydrogen-bond donors (Lipinski definition) is 2. The molecule has 148 valence electrons. The van der Waals surface area contributed by atoms with E-state index in [1.807, 2.05) is 31.6 Å². The highest BCUT2D eigenvalue weighted by Crippen LogP contribution is 2.27. The second-order valence-corrected chi connectivity index (χ2v) is 7.75. The summed E-state index contributed by atoms with van der Waals surface area (Å²) in [5.74, 6) is 2.74. The van der Waals surface area contributed by atoms with Crippen LogP contribution in [0, 0.1) is 6.92 Å². The zero-order valence-electron chi connectivity index (χ0n) is 16.8. The van der Waals surface area contributed by atoms with Gasteiger partial charge in [-0.25, -0.2) is 15.0 Å². The number of nitrogens with one attached hydrogen (secondary N) is 2. The summed E-state index contributed by atoms with van der Waals surface area (Å²) in [5.41, 5.74) is 5.43. The SMILES string of the molecule is Cc1nc2cnc(Nc3ccnc(N4CCc5cn[nH]c5C4)c3)cc2n1C(C)C. The fourth-order valence-corrected chi connectivity index (χ4v) is 4.07. The third kappa shape index (κ3) is 3.20. The summed E-state index contributed by atoms with van der Waals surface area (Å²) >= 11 is 0. The number of hydrogen-bond acceptors (Lipinski definition) is 6. The van der Waals surface area contributed by atoms with Crippen molar-refractivity contribution in [3.8, 4) is 0 Å². The normalized spacial score (nSPS) is 13.9. The van der Waals surface area contributed by atoms with Crippen LogP contribution in [-0.2, 0) is 13.0 Å². The van der Waals surface area contributed by atoms with Crippen molar-refractivity contribution < 1.29 is 0 Å². The molecule has 8 nitrogen and oxygen atoms in total. The smallest absolute Gasteiger partial charge is 0.132 e. The lowest BCUT2D eigenvalue weighted by Crippen LogP contribution is -2.30. The number of aryl methyl sites for hydroxylation is 1. The molecule has 0 atom stereocenters. The minimum Gasteiger partial charge on any atom is -0.350 e. The molecule has 0 spiro atoms. The molecular weight excluding hydrogens is 364 g/mol. The van der Waals surface area contributed by atoms with Gasteiger partial charge in [0.25, 0.3) is 0 Å². The predicted molar refractivity (Wildman–Crippen MR) is 114 cm³/mol. The van der Waals surface area contributed by atoms with Gasteiger partial charge in [0, 0.05) is 36.6 Å². The number of imidazole rings is 1. The Bertz CT molecular complexity index is 1170. The van der Waals surface area contributed by atoms with E-state index >= 15 is 0 Å². The third-order valence-corrected chi connectivity index (χ3v) is 5.42. The minimum atomic E-state index is 0.342. The van der Waals surface area contributed by atoms with Crippen LogP contribution in [0.1, 0.15) is 37.0 Å². The van der Waals surface area contributed by atoms with E-state index in [0.29, 0.717) is 6.04 Å². The molecule has 5 heterocycles. The van der Waals surface area contributed by atoms with Gasteiger partial charge in [-0.15, -0.1) is 0 Å². The van der Waals surface area contributed by atoms with Crippen LogP contribution in [0.3, 0.4) is 0 Å². The fourth-order valence-electron chi connectivity index (χ4n) is 4.07. The van der Waals surface area contributed by atoms with E-state index < -0.39 is 0 Å². The quantitative estimate of drug-likeness (QED) is 0.554. The van der Waals surface area contributed by atoms with E-state index in [-0.39, 0.29) is 0 Å². The van der Waals surface area contributed by atoms with Gasteiger partial charge in [-0.2, -0.15) is 5.10 Å². The Hall–Kier alpha value is -3.42. The van der Waals surface area contributed by atoms with Crippen molar-refractivity contribution in [2.45, 2.75) is 39.8 Å². The van der Waals surface area contributed by atoms with Crippen LogP contribution in [0.15, 0.2) is 36.8 Å². The van der Waals surface area contributed by atoms with Crippen LogP contribution < -0.4 is 10.2 Å². The second kappa shape index (κ2) is 6.88. The summed E-state index contributed by atoms with van der Waals surface area (Å²) in [6.07, 6.45) is 6.56. The van der Waals surface area contributed by atoms with Gasteiger partial charge >= 0.3 is 0 Å². The largest absolute Gasteiger partial charge is 0.350 e. The summed E-state index contributed by atoms with van der Waals surface area (Å²) < 4.78 is 2.23. The fraction of sp³-hybridized carbons (Fsp3) is 0.333. The molecule has 4 aromatic rings.